The van der Waals surface area contributed by atoms with Crippen molar-refractivity contribution in [1.29, 1.82) is 0 Å². The van der Waals surface area contributed by atoms with E-state index in [0.717, 1.165) is 32.1 Å². The number of nitrogens with two attached hydrogens (primary N) is 1. The van der Waals surface area contributed by atoms with Gasteiger partial charge >= 0.3 is 0 Å². The van der Waals surface area contributed by atoms with Crippen molar-refractivity contribution in [3.8, 4) is 0 Å². The summed E-state index contributed by atoms with van der Waals surface area (Å²) in [4.78, 5) is 4.35. The Balaban J connectivity index is 1.89. The average molecular weight is 302 g/mol. The van der Waals surface area contributed by atoms with Gasteiger partial charge in [0.15, 0.2) is 5.96 Å². The summed E-state index contributed by atoms with van der Waals surface area (Å²) in [5.74, 6) is 0.455. The van der Waals surface area contributed by atoms with Crippen molar-refractivity contribution in [1.82, 2.24) is 9.62 Å². The molecule has 0 aromatic heterocycles. The van der Waals surface area contributed by atoms with Crippen LogP contribution in [-0.4, -0.2) is 50.1 Å². The van der Waals surface area contributed by atoms with Crippen LogP contribution in [-0.2, 0) is 10.0 Å². The molecule has 2 rings (SSSR count). The maximum Gasteiger partial charge on any atom is 0.211 e. The minimum Gasteiger partial charge on any atom is -0.370 e. The van der Waals surface area contributed by atoms with Gasteiger partial charge < -0.3 is 11.1 Å². The molecule has 1 unspecified atom stereocenters. The van der Waals surface area contributed by atoms with Crippen LogP contribution in [0.4, 0.5) is 0 Å². The SMILES string of the molecule is CS(=O)(=O)N1CCCCC1CN=C(N)NC1CCCC1. The van der Waals surface area contributed by atoms with Gasteiger partial charge in [-0.1, -0.05) is 19.3 Å². The molecule has 2 fully saturated rings. The third kappa shape index (κ3) is 4.34. The van der Waals surface area contributed by atoms with Crippen LogP contribution >= 0.6 is 0 Å². The van der Waals surface area contributed by atoms with Crippen molar-refractivity contribution >= 4 is 16.0 Å². The highest BCUT2D eigenvalue weighted by molar-refractivity contribution is 7.88. The minimum atomic E-state index is -3.14. The molecular weight excluding hydrogens is 276 g/mol. The van der Waals surface area contributed by atoms with E-state index >= 15 is 0 Å². The van der Waals surface area contributed by atoms with Gasteiger partial charge in [0.25, 0.3) is 0 Å². The molecule has 3 N–H and O–H groups in total. The summed E-state index contributed by atoms with van der Waals surface area (Å²) in [6.45, 7) is 1.06. The van der Waals surface area contributed by atoms with E-state index in [2.05, 4.69) is 10.3 Å². The van der Waals surface area contributed by atoms with E-state index in [4.69, 9.17) is 5.73 Å². The average Bonchev–Trinajstić information content (AvgIpc) is 2.88. The van der Waals surface area contributed by atoms with Gasteiger partial charge in [-0.25, -0.2) is 8.42 Å². The van der Waals surface area contributed by atoms with Crippen molar-refractivity contribution in [2.24, 2.45) is 10.7 Å². The van der Waals surface area contributed by atoms with Gasteiger partial charge in [-0.05, 0) is 25.7 Å². The summed E-state index contributed by atoms with van der Waals surface area (Å²) >= 11 is 0. The van der Waals surface area contributed by atoms with Gasteiger partial charge in [-0.2, -0.15) is 4.31 Å². The molecule has 0 aromatic carbocycles. The maximum absolute atomic E-state index is 11.8. The molecule has 1 saturated carbocycles. The van der Waals surface area contributed by atoms with E-state index in [1.54, 1.807) is 4.31 Å². The summed E-state index contributed by atoms with van der Waals surface area (Å²) in [6.07, 6.45) is 8.92. The molecule has 2 aliphatic rings. The lowest BCUT2D eigenvalue weighted by Crippen LogP contribution is -2.46. The Labute approximate surface area is 121 Å². The van der Waals surface area contributed by atoms with Crippen molar-refractivity contribution in [2.75, 3.05) is 19.3 Å². The monoisotopic (exact) mass is 302 g/mol. The van der Waals surface area contributed by atoms with Crippen molar-refractivity contribution in [3.63, 3.8) is 0 Å². The smallest absolute Gasteiger partial charge is 0.211 e. The molecule has 0 amide bonds. The first kappa shape index (κ1) is 15.6. The Morgan fingerprint density at radius 3 is 2.55 bits per heavy atom. The first-order valence-corrected chi connectivity index (χ1v) is 9.35. The molecule has 1 heterocycles. The Kier molecular flexibility index (Phi) is 5.26. The maximum atomic E-state index is 11.8. The normalized spacial score (nSPS) is 26.9. The molecule has 1 aliphatic carbocycles. The topological polar surface area (TPSA) is 87.8 Å². The molecular formula is C13H26N4O2S. The predicted octanol–water partition coefficient (Wildman–Crippen LogP) is 0.647. The molecule has 0 bridgehead atoms. The molecule has 6 nitrogen and oxygen atoms in total. The zero-order chi connectivity index (χ0) is 14.6. The fraction of sp³-hybridized carbons (Fsp3) is 0.923. The predicted molar refractivity (Wildman–Crippen MR) is 81.1 cm³/mol. The highest BCUT2D eigenvalue weighted by Gasteiger charge is 2.29. The summed E-state index contributed by atoms with van der Waals surface area (Å²) < 4.78 is 25.1. The number of hydrogen-bond donors (Lipinski definition) is 2. The Hall–Kier alpha value is -0.820. The number of sulfonamides is 1. The van der Waals surface area contributed by atoms with Crippen LogP contribution in [0.25, 0.3) is 0 Å². The highest BCUT2D eigenvalue weighted by atomic mass is 32.2. The van der Waals surface area contributed by atoms with Crippen molar-refractivity contribution in [3.05, 3.63) is 0 Å². The second-order valence-corrected chi connectivity index (χ2v) is 7.81. The van der Waals surface area contributed by atoms with Crippen LogP contribution < -0.4 is 11.1 Å². The lowest BCUT2D eigenvalue weighted by atomic mass is 10.1. The van der Waals surface area contributed by atoms with E-state index in [9.17, 15) is 8.42 Å². The second-order valence-electron chi connectivity index (χ2n) is 5.87. The molecule has 20 heavy (non-hydrogen) atoms. The van der Waals surface area contributed by atoms with Crippen molar-refractivity contribution in [2.45, 2.75) is 57.0 Å². The fourth-order valence-electron chi connectivity index (χ4n) is 3.12. The standard InChI is InChI=1S/C13H26N4O2S/c1-20(18,19)17-9-5-4-8-12(17)10-15-13(14)16-11-6-2-3-7-11/h11-12H,2-10H2,1H3,(H3,14,15,16). The Bertz CT molecular complexity index is 443. The van der Waals surface area contributed by atoms with E-state index < -0.39 is 10.0 Å². The van der Waals surface area contributed by atoms with Crippen LogP contribution in [0.2, 0.25) is 0 Å². The molecule has 1 atom stereocenters. The number of piperidine rings is 1. The largest absolute Gasteiger partial charge is 0.370 e. The zero-order valence-corrected chi connectivity index (χ0v) is 13.0. The van der Waals surface area contributed by atoms with E-state index in [1.807, 2.05) is 0 Å². The number of guanidine groups is 1. The lowest BCUT2D eigenvalue weighted by molar-refractivity contribution is 0.259. The molecule has 116 valence electrons. The van der Waals surface area contributed by atoms with E-state index in [-0.39, 0.29) is 6.04 Å². The molecule has 0 radical (unpaired) electrons. The van der Waals surface area contributed by atoms with Gasteiger partial charge in [0, 0.05) is 18.6 Å². The van der Waals surface area contributed by atoms with Gasteiger partial charge in [0.1, 0.15) is 0 Å². The van der Waals surface area contributed by atoms with Crippen LogP contribution in [0, 0.1) is 0 Å². The number of rotatable bonds is 4. The van der Waals surface area contributed by atoms with Gasteiger partial charge in [-0.3, -0.25) is 4.99 Å². The summed E-state index contributed by atoms with van der Waals surface area (Å²) in [6, 6.07) is 0.402. The molecule has 0 aromatic rings. The number of hydrogen-bond acceptors (Lipinski definition) is 3. The number of nitrogens with zero attached hydrogens (tertiary/aromatic N) is 2. The highest BCUT2D eigenvalue weighted by Crippen LogP contribution is 2.20. The third-order valence-corrected chi connectivity index (χ3v) is 5.51. The van der Waals surface area contributed by atoms with Crippen LogP contribution in [0.1, 0.15) is 44.9 Å². The first-order chi connectivity index (χ1) is 9.47. The Morgan fingerprint density at radius 1 is 1.25 bits per heavy atom. The summed E-state index contributed by atoms with van der Waals surface area (Å²) in [5.41, 5.74) is 5.90. The lowest BCUT2D eigenvalue weighted by Gasteiger charge is -2.32. The third-order valence-electron chi connectivity index (χ3n) is 4.18. The summed E-state index contributed by atoms with van der Waals surface area (Å²) in [5, 5.41) is 3.23. The molecule has 7 heteroatoms. The number of aliphatic imine (C=N–C) groups is 1. The first-order valence-electron chi connectivity index (χ1n) is 7.50. The van der Waals surface area contributed by atoms with Gasteiger partial charge in [0.2, 0.25) is 10.0 Å². The van der Waals surface area contributed by atoms with Crippen LogP contribution in [0.15, 0.2) is 4.99 Å². The minimum absolute atomic E-state index is 0.0392. The van der Waals surface area contributed by atoms with Crippen LogP contribution in [0.3, 0.4) is 0 Å². The molecule has 1 aliphatic heterocycles. The summed E-state index contributed by atoms with van der Waals surface area (Å²) in [7, 11) is -3.14. The van der Waals surface area contributed by atoms with Gasteiger partial charge in [0.05, 0.1) is 12.8 Å². The second kappa shape index (κ2) is 6.76. The molecule has 1 saturated heterocycles. The molecule has 0 spiro atoms. The van der Waals surface area contributed by atoms with Gasteiger partial charge in [-0.15, -0.1) is 0 Å². The number of nitrogens with one attached hydrogen (secondary N) is 1. The van der Waals surface area contributed by atoms with E-state index in [0.29, 0.717) is 25.1 Å². The van der Waals surface area contributed by atoms with Crippen LogP contribution in [0.5, 0.6) is 0 Å². The zero-order valence-electron chi connectivity index (χ0n) is 12.2. The Morgan fingerprint density at radius 2 is 1.90 bits per heavy atom. The quantitative estimate of drug-likeness (QED) is 0.589. The van der Waals surface area contributed by atoms with Crippen molar-refractivity contribution < 1.29 is 8.42 Å². The van der Waals surface area contributed by atoms with E-state index in [1.165, 1.54) is 19.1 Å². The fourth-order valence-corrected chi connectivity index (χ4v) is 4.30.